The lowest BCUT2D eigenvalue weighted by Gasteiger charge is -2.22. The molecule has 2 N–H and O–H groups in total. The van der Waals surface area contributed by atoms with Crippen molar-refractivity contribution in [2.75, 3.05) is 6.54 Å². The highest BCUT2D eigenvalue weighted by Gasteiger charge is 2.27. The zero-order valence-corrected chi connectivity index (χ0v) is 13.8. The van der Waals surface area contributed by atoms with Gasteiger partial charge in [0.25, 0.3) is 5.91 Å². The Hall–Kier alpha value is -0.920. The third-order valence-corrected chi connectivity index (χ3v) is 5.52. The lowest BCUT2D eigenvalue weighted by atomic mass is 10.1. The highest BCUT2D eigenvalue weighted by molar-refractivity contribution is 9.10. The first kappa shape index (κ1) is 15.5. The molecular weight excluding hydrogens is 344 g/mol. The van der Waals surface area contributed by atoms with E-state index < -0.39 is 10.0 Å². The van der Waals surface area contributed by atoms with Crippen molar-refractivity contribution in [2.45, 2.75) is 37.6 Å². The minimum atomic E-state index is -3.85. The van der Waals surface area contributed by atoms with Gasteiger partial charge in [0, 0.05) is 22.6 Å². The molecule has 5 nitrogen and oxygen atoms in total. The maximum absolute atomic E-state index is 12.5. The number of nitrogens with zero attached hydrogens (tertiary/aromatic N) is 1. The molecule has 20 heavy (non-hydrogen) atoms. The van der Waals surface area contributed by atoms with Gasteiger partial charge in [-0.1, -0.05) is 15.9 Å². The van der Waals surface area contributed by atoms with Gasteiger partial charge in [0.2, 0.25) is 10.0 Å². The van der Waals surface area contributed by atoms with E-state index in [-0.39, 0.29) is 16.8 Å². The van der Waals surface area contributed by atoms with Gasteiger partial charge in [0.05, 0.1) is 4.90 Å². The molecule has 7 heteroatoms. The molecule has 1 aliphatic heterocycles. The van der Waals surface area contributed by atoms with E-state index in [9.17, 15) is 13.2 Å². The minimum absolute atomic E-state index is 0.0120. The smallest absolute Gasteiger partial charge is 0.254 e. The first-order valence-electron chi connectivity index (χ1n) is 6.35. The number of carbonyl (C=O) groups is 1. The quantitative estimate of drug-likeness (QED) is 0.875. The summed E-state index contributed by atoms with van der Waals surface area (Å²) in [6.45, 7) is 4.35. The Balaban J connectivity index is 2.48. The van der Waals surface area contributed by atoms with Crippen LogP contribution in [0.15, 0.2) is 21.5 Å². The largest absolute Gasteiger partial charge is 0.336 e. The minimum Gasteiger partial charge on any atom is -0.336 e. The summed E-state index contributed by atoms with van der Waals surface area (Å²) >= 11 is 3.29. The fourth-order valence-electron chi connectivity index (χ4n) is 2.47. The molecule has 110 valence electrons. The fraction of sp³-hybridized carbons (Fsp3) is 0.462. The van der Waals surface area contributed by atoms with Crippen LogP contribution in [0.3, 0.4) is 0 Å². The van der Waals surface area contributed by atoms with Crippen molar-refractivity contribution in [3.05, 3.63) is 27.7 Å². The summed E-state index contributed by atoms with van der Waals surface area (Å²) in [6.07, 6.45) is 1.95. The van der Waals surface area contributed by atoms with Crippen LogP contribution in [0.5, 0.6) is 0 Å². The standard InChI is InChI=1S/C13H17BrN2O3S/c1-8-4-3-5-16(8)13(17)10-6-11(14)9(2)12(7-10)20(15,18)19/h6-8H,3-5H2,1-2H3,(H2,15,18,19). The second-order valence-electron chi connectivity index (χ2n) is 5.12. The van der Waals surface area contributed by atoms with Gasteiger partial charge < -0.3 is 4.90 Å². The van der Waals surface area contributed by atoms with E-state index >= 15 is 0 Å². The molecule has 2 rings (SSSR count). The van der Waals surface area contributed by atoms with Crippen LogP contribution in [0, 0.1) is 6.92 Å². The van der Waals surface area contributed by atoms with Gasteiger partial charge in [0.15, 0.2) is 0 Å². The monoisotopic (exact) mass is 360 g/mol. The molecule has 0 saturated carbocycles. The van der Waals surface area contributed by atoms with E-state index in [2.05, 4.69) is 15.9 Å². The summed E-state index contributed by atoms with van der Waals surface area (Å²) in [4.78, 5) is 14.2. The maximum Gasteiger partial charge on any atom is 0.254 e. The molecule has 0 aliphatic carbocycles. The number of nitrogens with two attached hydrogens (primary N) is 1. The van der Waals surface area contributed by atoms with Gasteiger partial charge in [0.1, 0.15) is 0 Å². The molecule has 0 bridgehead atoms. The highest BCUT2D eigenvalue weighted by Crippen LogP contribution is 2.27. The summed E-state index contributed by atoms with van der Waals surface area (Å²) in [6, 6.07) is 3.20. The maximum atomic E-state index is 12.5. The van der Waals surface area contributed by atoms with Crippen molar-refractivity contribution in [2.24, 2.45) is 5.14 Å². The molecule has 1 aromatic rings. The molecule has 0 aromatic heterocycles. The molecule has 1 heterocycles. The normalized spacial score (nSPS) is 19.4. The summed E-state index contributed by atoms with van der Waals surface area (Å²) in [5.41, 5.74) is 0.860. The molecule has 0 spiro atoms. The van der Waals surface area contributed by atoms with Crippen molar-refractivity contribution in [3.8, 4) is 0 Å². The van der Waals surface area contributed by atoms with Crippen LogP contribution in [0.2, 0.25) is 0 Å². The average molecular weight is 361 g/mol. The number of rotatable bonds is 2. The van der Waals surface area contributed by atoms with E-state index in [1.54, 1.807) is 17.9 Å². The Bertz CT molecular complexity index is 658. The molecule has 1 unspecified atom stereocenters. The van der Waals surface area contributed by atoms with Gasteiger partial charge in [-0.15, -0.1) is 0 Å². The number of likely N-dealkylation sites (tertiary alicyclic amines) is 1. The zero-order chi connectivity index (χ0) is 15.1. The van der Waals surface area contributed by atoms with Crippen molar-refractivity contribution in [3.63, 3.8) is 0 Å². The summed E-state index contributed by atoms with van der Waals surface area (Å²) in [5, 5.41) is 5.20. The Morgan fingerprint density at radius 1 is 1.45 bits per heavy atom. The van der Waals surface area contributed by atoms with E-state index in [4.69, 9.17) is 5.14 Å². The first-order valence-corrected chi connectivity index (χ1v) is 8.69. The number of hydrogen-bond acceptors (Lipinski definition) is 3. The summed E-state index contributed by atoms with van der Waals surface area (Å²) in [7, 11) is -3.85. The second kappa shape index (κ2) is 5.46. The Labute approximate surface area is 127 Å². The lowest BCUT2D eigenvalue weighted by Crippen LogP contribution is -2.33. The number of sulfonamides is 1. The second-order valence-corrected chi connectivity index (χ2v) is 7.50. The molecule has 0 radical (unpaired) electrons. The third kappa shape index (κ3) is 2.89. The van der Waals surface area contributed by atoms with Crippen LogP contribution in [0.25, 0.3) is 0 Å². The molecule has 1 saturated heterocycles. The SMILES string of the molecule is Cc1c(Br)cc(C(=O)N2CCCC2C)cc1S(N)(=O)=O. The number of primary sulfonamides is 1. The van der Waals surface area contributed by atoms with Crippen LogP contribution >= 0.6 is 15.9 Å². The number of amides is 1. The number of carbonyl (C=O) groups excluding carboxylic acids is 1. The van der Waals surface area contributed by atoms with Crippen molar-refractivity contribution in [1.82, 2.24) is 4.90 Å². The zero-order valence-electron chi connectivity index (χ0n) is 11.4. The Morgan fingerprint density at radius 2 is 2.10 bits per heavy atom. The van der Waals surface area contributed by atoms with Crippen LogP contribution in [0.1, 0.15) is 35.7 Å². The van der Waals surface area contributed by atoms with Gasteiger partial charge in [-0.2, -0.15) is 0 Å². The molecule has 1 atom stereocenters. The molecular formula is C13H17BrN2O3S. The summed E-state index contributed by atoms with van der Waals surface area (Å²) in [5.74, 6) is -0.152. The first-order chi connectivity index (χ1) is 9.21. The van der Waals surface area contributed by atoms with Gasteiger partial charge >= 0.3 is 0 Å². The fourth-order valence-corrected chi connectivity index (χ4v) is 3.89. The van der Waals surface area contributed by atoms with Crippen LogP contribution in [-0.2, 0) is 10.0 Å². The van der Waals surface area contributed by atoms with Crippen LogP contribution < -0.4 is 5.14 Å². The molecule has 1 aromatic carbocycles. The van der Waals surface area contributed by atoms with E-state index in [1.165, 1.54) is 6.07 Å². The Morgan fingerprint density at radius 3 is 2.60 bits per heavy atom. The summed E-state index contributed by atoms with van der Waals surface area (Å²) < 4.78 is 23.8. The Kier molecular flexibility index (Phi) is 4.22. The molecule has 1 aliphatic rings. The molecule has 1 amide bonds. The van der Waals surface area contributed by atoms with Gasteiger partial charge in [-0.05, 0) is 44.4 Å². The molecule has 1 fully saturated rings. The van der Waals surface area contributed by atoms with E-state index in [0.29, 0.717) is 22.1 Å². The number of halogens is 1. The third-order valence-electron chi connectivity index (χ3n) is 3.66. The highest BCUT2D eigenvalue weighted by atomic mass is 79.9. The average Bonchev–Trinajstić information content (AvgIpc) is 2.76. The van der Waals surface area contributed by atoms with Crippen LogP contribution in [0.4, 0.5) is 0 Å². The van der Waals surface area contributed by atoms with E-state index in [0.717, 1.165) is 12.8 Å². The van der Waals surface area contributed by atoms with Crippen molar-refractivity contribution in [1.29, 1.82) is 0 Å². The topological polar surface area (TPSA) is 80.5 Å². The van der Waals surface area contributed by atoms with Gasteiger partial charge in [-0.25, -0.2) is 13.6 Å². The van der Waals surface area contributed by atoms with Crippen LogP contribution in [-0.4, -0.2) is 31.8 Å². The number of hydrogen-bond donors (Lipinski definition) is 1. The van der Waals surface area contributed by atoms with Crippen molar-refractivity contribution >= 4 is 31.9 Å². The lowest BCUT2D eigenvalue weighted by molar-refractivity contribution is 0.0747. The predicted molar refractivity (Wildman–Crippen MR) is 80.0 cm³/mol. The van der Waals surface area contributed by atoms with Crippen molar-refractivity contribution < 1.29 is 13.2 Å². The van der Waals surface area contributed by atoms with Gasteiger partial charge in [-0.3, -0.25) is 4.79 Å². The predicted octanol–water partition coefficient (Wildman–Crippen LogP) is 2.03. The number of benzene rings is 1. The van der Waals surface area contributed by atoms with E-state index in [1.807, 2.05) is 6.92 Å².